The van der Waals surface area contributed by atoms with Crippen molar-refractivity contribution in [2.45, 2.75) is 6.61 Å². The molecule has 0 saturated heterocycles. The molecule has 0 unspecified atom stereocenters. The number of thiophene rings is 1. The number of halogens is 1. The number of benzene rings is 3. The van der Waals surface area contributed by atoms with Crippen molar-refractivity contribution >= 4 is 34.2 Å². The van der Waals surface area contributed by atoms with Crippen molar-refractivity contribution in [1.29, 1.82) is 0 Å². The number of fused-ring (bicyclic) bond motifs is 1. The van der Waals surface area contributed by atoms with Gasteiger partial charge in [0.1, 0.15) is 18.2 Å². The summed E-state index contributed by atoms with van der Waals surface area (Å²) < 4.78 is 19.1. The highest BCUT2D eigenvalue weighted by atomic mass is 32.1. The van der Waals surface area contributed by atoms with Crippen molar-refractivity contribution in [3.05, 3.63) is 100.0 Å². The number of rotatable bonds is 6. The zero-order chi connectivity index (χ0) is 20.1. The van der Waals surface area contributed by atoms with Gasteiger partial charge in [0.2, 0.25) is 0 Å². The van der Waals surface area contributed by atoms with E-state index in [1.807, 2.05) is 47.8 Å². The average Bonchev–Trinajstić information content (AvgIpc) is 3.29. The van der Waals surface area contributed by atoms with Crippen molar-refractivity contribution in [1.82, 2.24) is 5.43 Å². The highest BCUT2D eigenvalue weighted by molar-refractivity contribution is 7.12. The molecule has 0 aliphatic heterocycles. The molecule has 4 rings (SSSR count). The molecule has 1 amide bonds. The molecule has 3 aromatic carbocycles. The molecule has 0 saturated carbocycles. The number of hydrogen-bond acceptors (Lipinski definition) is 4. The molecule has 29 heavy (non-hydrogen) atoms. The van der Waals surface area contributed by atoms with Gasteiger partial charge in [0.25, 0.3) is 5.91 Å². The van der Waals surface area contributed by atoms with Gasteiger partial charge in [0.05, 0.1) is 11.1 Å². The molecule has 6 heteroatoms. The molecule has 0 spiro atoms. The maximum atomic E-state index is 13.1. The van der Waals surface area contributed by atoms with Gasteiger partial charge in [-0.15, -0.1) is 11.3 Å². The maximum absolute atomic E-state index is 13.1. The van der Waals surface area contributed by atoms with Crippen LogP contribution in [0.4, 0.5) is 4.39 Å². The van der Waals surface area contributed by atoms with Gasteiger partial charge in [0, 0.05) is 5.56 Å². The standard InChI is InChI=1S/C23H17FN2O2S/c24-18-10-7-16(8-11-18)15-28-21-12-9-17-4-1-2-5-19(17)20(21)14-25-26-23(27)22-6-3-13-29-22/h1-14H,15H2,(H,26,27)/b25-14+. The van der Waals surface area contributed by atoms with Crippen LogP contribution in [0.2, 0.25) is 0 Å². The van der Waals surface area contributed by atoms with Gasteiger partial charge in [-0.1, -0.05) is 48.5 Å². The van der Waals surface area contributed by atoms with Crippen LogP contribution in [0.5, 0.6) is 5.75 Å². The predicted molar refractivity (Wildman–Crippen MR) is 114 cm³/mol. The molecule has 0 radical (unpaired) electrons. The molecule has 1 aromatic heterocycles. The fraction of sp³-hybridized carbons (Fsp3) is 0.0435. The van der Waals surface area contributed by atoms with Gasteiger partial charge in [0.15, 0.2) is 0 Å². The Morgan fingerprint density at radius 2 is 1.86 bits per heavy atom. The van der Waals surface area contributed by atoms with E-state index in [-0.39, 0.29) is 11.7 Å². The molecule has 0 aliphatic carbocycles. The molecule has 0 aliphatic rings. The lowest BCUT2D eigenvalue weighted by Gasteiger charge is -2.12. The monoisotopic (exact) mass is 404 g/mol. The van der Waals surface area contributed by atoms with Gasteiger partial charge in [-0.2, -0.15) is 5.10 Å². The van der Waals surface area contributed by atoms with Crippen LogP contribution in [0.15, 0.2) is 83.3 Å². The molecule has 0 atom stereocenters. The first kappa shape index (κ1) is 18.8. The minimum absolute atomic E-state index is 0.259. The Balaban J connectivity index is 1.59. The van der Waals surface area contributed by atoms with Gasteiger partial charge >= 0.3 is 0 Å². The SMILES string of the molecule is O=C(N/N=C/c1c(OCc2ccc(F)cc2)ccc2ccccc12)c1cccs1. The van der Waals surface area contributed by atoms with Crippen LogP contribution >= 0.6 is 11.3 Å². The van der Waals surface area contributed by atoms with E-state index in [4.69, 9.17) is 4.74 Å². The topological polar surface area (TPSA) is 50.7 Å². The Morgan fingerprint density at radius 1 is 1.03 bits per heavy atom. The van der Waals surface area contributed by atoms with Gasteiger partial charge in [-0.3, -0.25) is 4.79 Å². The minimum atomic E-state index is -0.284. The molecule has 1 heterocycles. The second kappa shape index (κ2) is 8.67. The van der Waals surface area contributed by atoms with Crippen LogP contribution < -0.4 is 10.2 Å². The van der Waals surface area contributed by atoms with Crippen LogP contribution in [-0.4, -0.2) is 12.1 Å². The summed E-state index contributed by atoms with van der Waals surface area (Å²) in [6.07, 6.45) is 1.59. The van der Waals surface area contributed by atoms with Crippen LogP contribution in [0.3, 0.4) is 0 Å². The average molecular weight is 404 g/mol. The summed E-state index contributed by atoms with van der Waals surface area (Å²) >= 11 is 1.35. The first-order valence-corrected chi connectivity index (χ1v) is 9.84. The van der Waals surface area contributed by atoms with Crippen LogP contribution in [0, 0.1) is 5.82 Å². The first-order valence-electron chi connectivity index (χ1n) is 8.96. The van der Waals surface area contributed by atoms with Crippen molar-refractivity contribution in [2.24, 2.45) is 5.10 Å². The zero-order valence-corrected chi connectivity index (χ0v) is 16.2. The van der Waals surface area contributed by atoms with E-state index in [2.05, 4.69) is 10.5 Å². The van der Waals surface area contributed by atoms with E-state index in [0.717, 1.165) is 21.9 Å². The summed E-state index contributed by atoms with van der Waals surface area (Å²) in [4.78, 5) is 12.7. The second-order valence-corrected chi connectivity index (χ2v) is 7.24. The zero-order valence-electron chi connectivity index (χ0n) is 15.3. The normalized spacial score (nSPS) is 11.1. The van der Waals surface area contributed by atoms with Gasteiger partial charge in [-0.05, 0) is 46.0 Å². The molecular weight excluding hydrogens is 387 g/mol. The minimum Gasteiger partial charge on any atom is -0.488 e. The van der Waals surface area contributed by atoms with Crippen molar-refractivity contribution in [3.8, 4) is 5.75 Å². The third kappa shape index (κ3) is 4.50. The number of nitrogens with zero attached hydrogens (tertiary/aromatic N) is 1. The molecule has 4 aromatic rings. The Kier molecular flexibility index (Phi) is 5.63. The molecule has 144 valence electrons. The maximum Gasteiger partial charge on any atom is 0.281 e. The van der Waals surface area contributed by atoms with E-state index in [9.17, 15) is 9.18 Å². The smallest absolute Gasteiger partial charge is 0.281 e. The lowest BCUT2D eigenvalue weighted by atomic mass is 10.0. The number of nitrogens with one attached hydrogen (secondary N) is 1. The lowest BCUT2D eigenvalue weighted by Crippen LogP contribution is -2.16. The Bertz CT molecular complexity index is 1160. The van der Waals surface area contributed by atoms with Crippen molar-refractivity contribution < 1.29 is 13.9 Å². The fourth-order valence-electron chi connectivity index (χ4n) is 2.89. The summed E-state index contributed by atoms with van der Waals surface area (Å²) in [6.45, 7) is 0.293. The second-order valence-electron chi connectivity index (χ2n) is 6.29. The summed E-state index contributed by atoms with van der Waals surface area (Å²) in [5, 5.41) is 7.96. The highest BCUT2D eigenvalue weighted by Gasteiger charge is 2.09. The number of hydrazone groups is 1. The first-order chi connectivity index (χ1) is 14.2. The van der Waals surface area contributed by atoms with E-state index in [1.54, 1.807) is 24.4 Å². The fourth-order valence-corrected chi connectivity index (χ4v) is 3.51. The largest absolute Gasteiger partial charge is 0.488 e. The predicted octanol–water partition coefficient (Wildman–Crippen LogP) is 5.38. The summed E-state index contributed by atoms with van der Waals surface area (Å²) in [5.74, 6) is 0.0844. The van der Waals surface area contributed by atoms with Crippen LogP contribution in [-0.2, 0) is 6.61 Å². The van der Waals surface area contributed by atoms with Crippen molar-refractivity contribution in [3.63, 3.8) is 0 Å². The number of hydrogen-bond donors (Lipinski definition) is 1. The summed E-state index contributed by atoms with van der Waals surface area (Å²) in [6, 6.07) is 21.4. The number of amides is 1. The van der Waals surface area contributed by atoms with E-state index in [1.165, 1.54) is 23.5 Å². The third-order valence-electron chi connectivity index (χ3n) is 4.34. The van der Waals surface area contributed by atoms with E-state index in [0.29, 0.717) is 17.2 Å². The summed E-state index contributed by atoms with van der Waals surface area (Å²) in [5.41, 5.74) is 4.17. The van der Waals surface area contributed by atoms with E-state index < -0.39 is 0 Å². The Morgan fingerprint density at radius 3 is 2.66 bits per heavy atom. The molecular formula is C23H17FN2O2S. The van der Waals surface area contributed by atoms with E-state index >= 15 is 0 Å². The Hall–Kier alpha value is -3.51. The lowest BCUT2D eigenvalue weighted by molar-refractivity contribution is 0.0959. The molecule has 0 bridgehead atoms. The van der Waals surface area contributed by atoms with Crippen molar-refractivity contribution in [2.75, 3.05) is 0 Å². The molecule has 4 nitrogen and oxygen atoms in total. The van der Waals surface area contributed by atoms with Gasteiger partial charge < -0.3 is 4.74 Å². The van der Waals surface area contributed by atoms with Gasteiger partial charge in [-0.25, -0.2) is 9.82 Å². The summed E-state index contributed by atoms with van der Waals surface area (Å²) in [7, 11) is 0. The van der Waals surface area contributed by atoms with Crippen LogP contribution in [0.25, 0.3) is 10.8 Å². The highest BCUT2D eigenvalue weighted by Crippen LogP contribution is 2.27. The number of carbonyl (C=O) groups is 1. The third-order valence-corrected chi connectivity index (χ3v) is 5.21. The molecule has 1 N–H and O–H groups in total. The number of ether oxygens (including phenoxy) is 1. The Labute approximate surface area is 171 Å². The number of carbonyl (C=O) groups excluding carboxylic acids is 1. The quantitative estimate of drug-likeness (QED) is 0.346. The van der Waals surface area contributed by atoms with Crippen LogP contribution in [0.1, 0.15) is 20.8 Å². The molecule has 0 fully saturated rings.